The summed E-state index contributed by atoms with van der Waals surface area (Å²) in [7, 11) is 0. The van der Waals surface area contributed by atoms with E-state index in [1.807, 2.05) is 0 Å². The van der Waals surface area contributed by atoms with Crippen LogP contribution in [0.4, 0.5) is 0 Å². The SMILES string of the molecule is CCCNC(C)C1(CC2CCOCC2)CC1. The maximum absolute atomic E-state index is 5.44. The molecule has 0 aromatic heterocycles. The van der Waals surface area contributed by atoms with Crippen LogP contribution in [0, 0.1) is 11.3 Å². The molecular formula is C14H27NO. The van der Waals surface area contributed by atoms with Gasteiger partial charge in [0.25, 0.3) is 0 Å². The Bertz CT molecular complexity index is 207. The minimum Gasteiger partial charge on any atom is -0.381 e. The molecule has 1 unspecified atom stereocenters. The molecule has 0 aromatic carbocycles. The van der Waals surface area contributed by atoms with Crippen LogP contribution in [0.3, 0.4) is 0 Å². The van der Waals surface area contributed by atoms with E-state index >= 15 is 0 Å². The van der Waals surface area contributed by atoms with Crippen LogP contribution in [0.25, 0.3) is 0 Å². The first-order valence-corrected chi connectivity index (χ1v) is 7.08. The lowest BCUT2D eigenvalue weighted by Gasteiger charge is -2.31. The lowest BCUT2D eigenvalue weighted by Crippen LogP contribution is -2.37. The Kier molecular flexibility index (Phi) is 4.26. The predicted octanol–water partition coefficient (Wildman–Crippen LogP) is 2.97. The Morgan fingerprint density at radius 3 is 2.56 bits per heavy atom. The molecule has 1 saturated heterocycles. The van der Waals surface area contributed by atoms with Gasteiger partial charge < -0.3 is 10.1 Å². The van der Waals surface area contributed by atoms with Crippen LogP contribution in [0.5, 0.6) is 0 Å². The van der Waals surface area contributed by atoms with E-state index in [0.29, 0.717) is 5.41 Å². The van der Waals surface area contributed by atoms with Crippen molar-refractivity contribution in [1.82, 2.24) is 5.32 Å². The number of rotatable bonds is 6. The van der Waals surface area contributed by atoms with E-state index in [2.05, 4.69) is 19.2 Å². The van der Waals surface area contributed by atoms with Gasteiger partial charge in [-0.1, -0.05) is 6.92 Å². The van der Waals surface area contributed by atoms with Crippen LogP contribution < -0.4 is 5.32 Å². The Morgan fingerprint density at radius 1 is 1.31 bits per heavy atom. The van der Waals surface area contributed by atoms with Crippen LogP contribution in [0.1, 0.15) is 52.4 Å². The van der Waals surface area contributed by atoms with Gasteiger partial charge in [0.1, 0.15) is 0 Å². The van der Waals surface area contributed by atoms with E-state index in [4.69, 9.17) is 4.74 Å². The summed E-state index contributed by atoms with van der Waals surface area (Å²) in [5, 5.41) is 3.69. The highest BCUT2D eigenvalue weighted by molar-refractivity contribution is 5.01. The van der Waals surface area contributed by atoms with E-state index in [1.165, 1.54) is 45.1 Å². The van der Waals surface area contributed by atoms with Crippen molar-refractivity contribution in [2.24, 2.45) is 11.3 Å². The molecule has 0 amide bonds. The van der Waals surface area contributed by atoms with Crippen LogP contribution in [0.2, 0.25) is 0 Å². The summed E-state index contributed by atoms with van der Waals surface area (Å²) >= 11 is 0. The highest BCUT2D eigenvalue weighted by Crippen LogP contribution is 2.54. The van der Waals surface area contributed by atoms with Crippen molar-refractivity contribution in [3.63, 3.8) is 0 Å². The fourth-order valence-electron chi connectivity index (χ4n) is 3.08. The second-order valence-electron chi connectivity index (χ2n) is 5.80. The van der Waals surface area contributed by atoms with E-state index < -0.39 is 0 Å². The summed E-state index contributed by atoms with van der Waals surface area (Å²) in [6, 6.07) is 0.718. The topological polar surface area (TPSA) is 21.3 Å². The maximum atomic E-state index is 5.44. The lowest BCUT2D eigenvalue weighted by atomic mass is 9.83. The number of nitrogens with one attached hydrogen (secondary N) is 1. The Labute approximate surface area is 100 Å². The molecule has 2 nitrogen and oxygen atoms in total. The molecule has 1 aliphatic carbocycles. The highest BCUT2D eigenvalue weighted by Gasteiger charge is 2.48. The van der Waals surface area contributed by atoms with E-state index in [1.54, 1.807) is 0 Å². The summed E-state index contributed by atoms with van der Waals surface area (Å²) in [4.78, 5) is 0. The lowest BCUT2D eigenvalue weighted by molar-refractivity contribution is 0.0543. The molecule has 1 N–H and O–H groups in total. The molecule has 16 heavy (non-hydrogen) atoms. The van der Waals surface area contributed by atoms with Crippen molar-refractivity contribution in [3.05, 3.63) is 0 Å². The van der Waals surface area contributed by atoms with Crippen LogP contribution in [0.15, 0.2) is 0 Å². The first kappa shape index (κ1) is 12.4. The molecule has 1 atom stereocenters. The molecule has 0 radical (unpaired) electrons. The number of ether oxygens (including phenoxy) is 1. The zero-order valence-corrected chi connectivity index (χ0v) is 10.9. The molecule has 1 aliphatic heterocycles. The zero-order chi connectivity index (χ0) is 11.4. The average Bonchev–Trinajstić information content (AvgIpc) is 3.08. The molecule has 0 spiro atoms. The Morgan fingerprint density at radius 2 is 2.00 bits per heavy atom. The minimum absolute atomic E-state index is 0.650. The second kappa shape index (κ2) is 5.50. The third kappa shape index (κ3) is 2.98. The van der Waals surface area contributed by atoms with Crippen molar-refractivity contribution in [3.8, 4) is 0 Å². The van der Waals surface area contributed by atoms with Gasteiger partial charge in [-0.3, -0.25) is 0 Å². The Hall–Kier alpha value is -0.0800. The molecule has 2 aliphatic rings. The van der Waals surface area contributed by atoms with Crippen molar-refractivity contribution < 1.29 is 4.74 Å². The van der Waals surface area contributed by atoms with Crippen molar-refractivity contribution in [2.45, 2.75) is 58.4 Å². The van der Waals surface area contributed by atoms with Crippen LogP contribution in [-0.4, -0.2) is 25.8 Å². The van der Waals surface area contributed by atoms with Gasteiger partial charge in [-0.05, 0) is 63.3 Å². The standard InChI is InChI=1S/C14H27NO/c1-3-8-15-12(2)14(6-7-14)11-13-4-9-16-10-5-13/h12-13,15H,3-11H2,1-2H3. The van der Waals surface area contributed by atoms with Crippen molar-refractivity contribution in [2.75, 3.05) is 19.8 Å². The molecule has 1 saturated carbocycles. The van der Waals surface area contributed by atoms with Crippen LogP contribution in [-0.2, 0) is 4.74 Å². The van der Waals surface area contributed by atoms with E-state index in [0.717, 1.165) is 25.2 Å². The second-order valence-corrected chi connectivity index (χ2v) is 5.80. The first-order chi connectivity index (χ1) is 7.77. The summed E-state index contributed by atoms with van der Waals surface area (Å²) in [6.07, 6.45) is 8.17. The van der Waals surface area contributed by atoms with Crippen LogP contribution >= 0.6 is 0 Å². The van der Waals surface area contributed by atoms with Gasteiger partial charge in [-0.15, -0.1) is 0 Å². The minimum atomic E-state index is 0.650. The smallest absolute Gasteiger partial charge is 0.0468 e. The van der Waals surface area contributed by atoms with Crippen molar-refractivity contribution >= 4 is 0 Å². The summed E-state index contributed by atoms with van der Waals surface area (Å²) in [5.74, 6) is 0.933. The predicted molar refractivity (Wildman–Crippen MR) is 67.6 cm³/mol. The van der Waals surface area contributed by atoms with Gasteiger partial charge in [-0.2, -0.15) is 0 Å². The fraction of sp³-hybridized carbons (Fsp3) is 1.00. The Balaban J connectivity index is 1.77. The molecule has 1 heterocycles. The summed E-state index contributed by atoms with van der Waals surface area (Å²) < 4.78 is 5.44. The highest BCUT2D eigenvalue weighted by atomic mass is 16.5. The average molecular weight is 225 g/mol. The van der Waals surface area contributed by atoms with Gasteiger partial charge in [0.15, 0.2) is 0 Å². The van der Waals surface area contributed by atoms with Crippen molar-refractivity contribution in [1.29, 1.82) is 0 Å². The molecule has 0 aromatic rings. The van der Waals surface area contributed by atoms with E-state index in [9.17, 15) is 0 Å². The quantitative estimate of drug-likeness (QED) is 0.750. The molecule has 2 rings (SSSR count). The monoisotopic (exact) mass is 225 g/mol. The van der Waals surface area contributed by atoms with Gasteiger partial charge in [0.2, 0.25) is 0 Å². The molecule has 0 bridgehead atoms. The molecular weight excluding hydrogens is 198 g/mol. The van der Waals surface area contributed by atoms with Gasteiger partial charge in [-0.25, -0.2) is 0 Å². The zero-order valence-electron chi connectivity index (χ0n) is 10.9. The third-order valence-electron chi connectivity index (χ3n) is 4.55. The molecule has 2 heteroatoms. The summed E-state index contributed by atoms with van der Waals surface area (Å²) in [5.41, 5.74) is 0.650. The van der Waals surface area contributed by atoms with E-state index in [-0.39, 0.29) is 0 Å². The normalized spacial score (nSPS) is 26.6. The number of hydrogen-bond donors (Lipinski definition) is 1. The van der Waals surface area contributed by atoms with Gasteiger partial charge in [0.05, 0.1) is 0 Å². The summed E-state index contributed by atoms with van der Waals surface area (Å²) in [6.45, 7) is 7.81. The molecule has 2 fully saturated rings. The number of hydrogen-bond acceptors (Lipinski definition) is 2. The fourth-order valence-corrected chi connectivity index (χ4v) is 3.08. The third-order valence-corrected chi connectivity index (χ3v) is 4.55. The van der Waals surface area contributed by atoms with Gasteiger partial charge in [0, 0.05) is 19.3 Å². The van der Waals surface area contributed by atoms with Gasteiger partial charge >= 0.3 is 0 Å². The molecule has 94 valence electrons. The largest absolute Gasteiger partial charge is 0.381 e. The maximum Gasteiger partial charge on any atom is 0.0468 e. The first-order valence-electron chi connectivity index (χ1n) is 7.08.